The number of nitrogens with one attached hydrogen (secondary N) is 3. The molecule has 0 bridgehead atoms. The molecule has 1 rings (SSSR count). The zero-order valence-electron chi connectivity index (χ0n) is 14.0. The second kappa shape index (κ2) is 9.67. The van der Waals surface area contributed by atoms with Crippen LogP contribution in [0.4, 0.5) is 0 Å². The van der Waals surface area contributed by atoms with Gasteiger partial charge in [-0.1, -0.05) is 15.9 Å². The summed E-state index contributed by atoms with van der Waals surface area (Å²) >= 11 is 3.32. The summed E-state index contributed by atoms with van der Waals surface area (Å²) in [4.78, 5) is 23.5. The van der Waals surface area contributed by atoms with E-state index >= 15 is 0 Å². The van der Waals surface area contributed by atoms with Crippen LogP contribution in [0.5, 0.6) is 0 Å². The van der Waals surface area contributed by atoms with Crippen LogP contribution in [0, 0.1) is 0 Å². The minimum atomic E-state index is -0.167. The molecule has 1 aromatic carbocycles. The fraction of sp³-hybridized carbons (Fsp3) is 0.529. The lowest BCUT2D eigenvalue weighted by molar-refractivity contribution is -0.120. The van der Waals surface area contributed by atoms with Gasteiger partial charge in [-0.2, -0.15) is 0 Å². The van der Waals surface area contributed by atoms with Crippen molar-refractivity contribution in [3.8, 4) is 0 Å². The van der Waals surface area contributed by atoms with Crippen molar-refractivity contribution in [3.63, 3.8) is 0 Å². The molecule has 0 fully saturated rings. The van der Waals surface area contributed by atoms with Crippen LogP contribution in [-0.2, 0) is 4.79 Å². The van der Waals surface area contributed by atoms with Gasteiger partial charge in [0.05, 0.1) is 0 Å². The first-order valence-electron chi connectivity index (χ1n) is 7.83. The lowest BCUT2D eigenvalue weighted by Gasteiger charge is -2.20. The van der Waals surface area contributed by atoms with Crippen molar-refractivity contribution in [1.29, 1.82) is 0 Å². The molecule has 23 heavy (non-hydrogen) atoms. The molecule has 6 heteroatoms. The molecule has 0 aliphatic rings. The van der Waals surface area contributed by atoms with Crippen LogP contribution in [0.3, 0.4) is 0 Å². The molecular formula is C17H26BrN3O2. The first-order valence-corrected chi connectivity index (χ1v) is 8.63. The van der Waals surface area contributed by atoms with Crippen molar-refractivity contribution >= 4 is 27.7 Å². The summed E-state index contributed by atoms with van der Waals surface area (Å²) in [6.07, 6.45) is 1.17. The van der Waals surface area contributed by atoms with Gasteiger partial charge in [-0.3, -0.25) is 9.59 Å². The lowest BCUT2D eigenvalue weighted by Crippen LogP contribution is -2.38. The Kier molecular flexibility index (Phi) is 8.26. The molecule has 0 unspecified atom stereocenters. The Hall–Kier alpha value is -1.40. The van der Waals surface area contributed by atoms with Crippen molar-refractivity contribution in [2.45, 2.75) is 39.2 Å². The van der Waals surface area contributed by atoms with Crippen LogP contribution >= 0.6 is 15.9 Å². The number of amides is 2. The summed E-state index contributed by atoms with van der Waals surface area (Å²) in [5, 5.41) is 8.96. The summed E-state index contributed by atoms with van der Waals surface area (Å²) in [6.45, 7) is 8.17. The number of carbonyl (C=O) groups is 2. The van der Waals surface area contributed by atoms with Crippen molar-refractivity contribution in [2.24, 2.45) is 0 Å². The maximum Gasteiger partial charge on any atom is 0.251 e. The molecule has 0 aliphatic carbocycles. The van der Waals surface area contributed by atoms with E-state index in [1.807, 2.05) is 12.1 Å². The van der Waals surface area contributed by atoms with E-state index in [4.69, 9.17) is 0 Å². The zero-order valence-corrected chi connectivity index (χ0v) is 15.6. The smallest absolute Gasteiger partial charge is 0.251 e. The topological polar surface area (TPSA) is 70.2 Å². The van der Waals surface area contributed by atoms with Gasteiger partial charge in [0.2, 0.25) is 5.91 Å². The number of hydrogen-bond acceptors (Lipinski definition) is 3. The molecule has 2 amide bonds. The molecule has 0 aromatic heterocycles. The van der Waals surface area contributed by atoms with Crippen molar-refractivity contribution in [1.82, 2.24) is 16.0 Å². The van der Waals surface area contributed by atoms with Gasteiger partial charge in [-0.15, -0.1) is 0 Å². The minimum absolute atomic E-state index is 0.0446. The highest BCUT2D eigenvalue weighted by molar-refractivity contribution is 9.10. The fourth-order valence-corrected chi connectivity index (χ4v) is 2.13. The van der Waals surface area contributed by atoms with Crippen LogP contribution in [0.1, 0.15) is 44.0 Å². The largest absolute Gasteiger partial charge is 0.356 e. The Morgan fingerprint density at radius 2 is 1.65 bits per heavy atom. The maximum atomic E-state index is 11.9. The molecule has 0 spiro atoms. The van der Waals surface area contributed by atoms with Gasteiger partial charge in [-0.05, 0) is 58.0 Å². The quantitative estimate of drug-likeness (QED) is 0.603. The van der Waals surface area contributed by atoms with Gasteiger partial charge in [0.15, 0.2) is 0 Å². The Morgan fingerprint density at radius 1 is 1.00 bits per heavy atom. The molecule has 0 radical (unpaired) electrons. The van der Waals surface area contributed by atoms with Gasteiger partial charge >= 0.3 is 0 Å². The summed E-state index contributed by atoms with van der Waals surface area (Å²) in [7, 11) is 0. The van der Waals surface area contributed by atoms with E-state index in [0.717, 1.165) is 17.4 Å². The maximum absolute atomic E-state index is 11.9. The lowest BCUT2D eigenvalue weighted by atomic mass is 10.1. The fourth-order valence-electron chi connectivity index (χ4n) is 1.86. The molecule has 0 heterocycles. The van der Waals surface area contributed by atoms with Gasteiger partial charge in [0.25, 0.3) is 5.91 Å². The average Bonchev–Trinajstić information content (AvgIpc) is 2.46. The van der Waals surface area contributed by atoms with Crippen LogP contribution < -0.4 is 16.0 Å². The Bertz CT molecular complexity index is 510. The van der Waals surface area contributed by atoms with Crippen LogP contribution in [0.25, 0.3) is 0 Å². The highest BCUT2D eigenvalue weighted by Crippen LogP contribution is 2.10. The molecule has 0 saturated heterocycles. The van der Waals surface area contributed by atoms with E-state index in [-0.39, 0.29) is 23.8 Å². The third-order valence-corrected chi connectivity index (χ3v) is 3.60. The summed E-state index contributed by atoms with van der Waals surface area (Å²) in [6, 6.07) is 7.10. The van der Waals surface area contributed by atoms with Crippen molar-refractivity contribution in [2.75, 3.05) is 19.6 Å². The summed E-state index contributed by atoms with van der Waals surface area (Å²) in [5.74, 6) is -0.212. The van der Waals surface area contributed by atoms with E-state index in [1.165, 1.54) is 0 Å². The van der Waals surface area contributed by atoms with E-state index in [1.54, 1.807) is 12.1 Å². The Balaban J connectivity index is 2.12. The Morgan fingerprint density at radius 3 is 2.26 bits per heavy atom. The number of carbonyl (C=O) groups excluding carboxylic acids is 2. The van der Waals surface area contributed by atoms with Crippen molar-refractivity contribution in [3.05, 3.63) is 34.3 Å². The standard InChI is InChI=1S/C17H26BrN3O2/c1-17(2,3)21-11-4-10-19-15(22)9-12-20-16(23)13-5-7-14(18)8-6-13/h5-8,21H,4,9-12H2,1-3H3,(H,19,22)(H,20,23). The second-order valence-corrected chi connectivity index (χ2v) is 7.31. The molecule has 3 N–H and O–H groups in total. The van der Waals surface area contributed by atoms with Gasteiger partial charge in [-0.25, -0.2) is 0 Å². The highest BCUT2D eigenvalue weighted by atomic mass is 79.9. The third kappa shape index (κ3) is 9.36. The average molecular weight is 384 g/mol. The summed E-state index contributed by atoms with van der Waals surface area (Å²) in [5.41, 5.74) is 0.684. The molecular weight excluding hydrogens is 358 g/mol. The predicted octanol–water partition coefficient (Wildman–Crippen LogP) is 2.46. The first-order chi connectivity index (χ1) is 10.8. The molecule has 0 atom stereocenters. The van der Waals surface area contributed by atoms with Crippen LogP contribution in [-0.4, -0.2) is 37.0 Å². The molecule has 128 valence electrons. The number of rotatable bonds is 8. The minimum Gasteiger partial charge on any atom is -0.356 e. The van der Waals surface area contributed by atoms with Gasteiger partial charge < -0.3 is 16.0 Å². The van der Waals surface area contributed by atoms with Crippen molar-refractivity contribution < 1.29 is 9.59 Å². The first kappa shape index (κ1) is 19.6. The zero-order chi connectivity index (χ0) is 17.3. The highest BCUT2D eigenvalue weighted by Gasteiger charge is 2.08. The van der Waals surface area contributed by atoms with E-state index in [2.05, 4.69) is 52.7 Å². The third-order valence-electron chi connectivity index (χ3n) is 3.08. The molecule has 5 nitrogen and oxygen atoms in total. The van der Waals surface area contributed by atoms with Crippen LogP contribution in [0.15, 0.2) is 28.7 Å². The Labute approximate surface area is 146 Å². The SMILES string of the molecule is CC(C)(C)NCCCNC(=O)CCNC(=O)c1ccc(Br)cc1. The van der Waals surface area contributed by atoms with Gasteiger partial charge in [0, 0.05) is 35.1 Å². The van der Waals surface area contributed by atoms with Gasteiger partial charge in [0.1, 0.15) is 0 Å². The van der Waals surface area contributed by atoms with E-state index < -0.39 is 0 Å². The predicted molar refractivity (Wildman–Crippen MR) is 96.5 cm³/mol. The monoisotopic (exact) mass is 383 g/mol. The normalized spacial score (nSPS) is 11.1. The number of halogens is 1. The molecule has 1 aromatic rings. The number of benzene rings is 1. The van der Waals surface area contributed by atoms with E-state index in [9.17, 15) is 9.59 Å². The molecule has 0 aliphatic heterocycles. The molecule has 0 saturated carbocycles. The second-order valence-electron chi connectivity index (χ2n) is 6.39. The van der Waals surface area contributed by atoms with E-state index in [0.29, 0.717) is 18.7 Å². The van der Waals surface area contributed by atoms with Crippen LogP contribution in [0.2, 0.25) is 0 Å². The number of hydrogen-bond donors (Lipinski definition) is 3. The summed E-state index contributed by atoms with van der Waals surface area (Å²) < 4.78 is 0.925.